The first-order valence-corrected chi connectivity index (χ1v) is 5.07. The number of hydrogen-bond acceptors (Lipinski definition) is 2. The highest BCUT2D eigenvalue weighted by atomic mass is 14.9. The maximum absolute atomic E-state index is 9.16. The van der Waals surface area contributed by atoms with Crippen LogP contribution in [0.4, 0.5) is 0 Å². The van der Waals surface area contributed by atoms with Gasteiger partial charge in [0.15, 0.2) is 0 Å². The van der Waals surface area contributed by atoms with Crippen LogP contribution in [0.15, 0.2) is 30.3 Å². The zero-order valence-corrected chi connectivity index (χ0v) is 8.11. The van der Waals surface area contributed by atoms with Gasteiger partial charge in [0.25, 0.3) is 0 Å². The molecule has 72 valence electrons. The van der Waals surface area contributed by atoms with Crippen LogP contribution in [-0.4, -0.2) is 13.1 Å². The van der Waals surface area contributed by atoms with Crippen LogP contribution >= 0.6 is 0 Å². The van der Waals surface area contributed by atoms with Crippen LogP contribution in [0, 0.1) is 17.2 Å². The van der Waals surface area contributed by atoms with E-state index in [9.17, 15) is 0 Å². The van der Waals surface area contributed by atoms with Gasteiger partial charge in [-0.1, -0.05) is 30.3 Å². The number of hydrogen-bond donors (Lipinski definition) is 1. The fourth-order valence-electron chi connectivity index (χ4n) is 2.07. The van der Waals surface area contributed by atoms with E-state index in [4.69, 9.17) is 5.26 Å². The highest BCUT2D eigenvalue weighted by Gasteiger charge is 2.25. The minimum Gasteiger partial charge on any atom is -0.316 e. The molecular formula is C12H14N2. The molecule has 0 bridgehead atoms. The molecule has 1 fully saturated rings. The molecule has 2 rings (SSSR count). The summed E-state index contributed by atoms with van der Waals surface area (Å²) in [4.78, 5) is 0. The lowest BCUT2D eigenvalue weighted by molar-refractivity contribution is 0.531. The van der Waals surface area contributed by atoms with E-state index in [1.165, 1.54) is 0 Å². The van der Waals surface area contributed by atoms with Crippen LogP contribution in [0.1, 0.15) is 17.9 Å². The monoisotopic (exact) mass is 186 g/mol. The van der Waals surface area contributed by atoms with Crippen molar-refractivity contribution in [2.24, 2.45) is 5.92 Å². The fraction of sp³-hybridized carbons (Fsp3) is 0.417. The minimum atomic E-state index is 0.0613. The van der Waals surface area contributed by atoms with E-state index in [2.05, 4.69) is 11.4 Å². The lowest BCUT2D eigenvalue weighted by Gasteiger charge is -2.15. The quantitative estimate of drug-likeness (QED) is 0.765. The number of rotatable bonds is 2. The number of benzene rings is 1. The summed E-state index contributed by atoms with van der Waals surface area (Å²) < 4.78 is 0. The van der Waals surface area contributed by atoms with Crippen molar-refractivity contribution in [2.45, 2.75) is 12.3 Å². The summed E-state index contributed by atoms with van der Waals surface area (Å²) in [5, 5.41) is 12.5. The molecule has 0 aromatic heterocycles. The third kappa shape index (κ3) is 1.78. The second-order valence-corrected chi connectivity index (χ2v) is 3.77. The van der Waals surface area contributed by atoms with Gasteiger partial charge in [-0.3, -0.25) is 0 Å². The molecule has 1 heterocycles. The molecule has 14 heavy (non-hydrogen) atoms. The molecular weight excluding hydrogens is 172 g/mol. The molecule has 1 N–H and O–H groups in total. The average Bonchev–Trinajstić information content (AvgIpc) is 2.74. The average molecular weight is 186 g/mol. The molecule has 1 aromatic carbocycles. The smallest absolute Gasteiger partial charge is 0.0753 e. The third-order valence-electron chi connectivity index (χ3n) is 2.87. The lowest BCUT2D eigenvalue weighted by Crippen LogP contribution is -2.15. The summed E-state index contributed by atoms with van der Waals surface area (Å²) in [5.41, 5.74) is 1.16. The summed E-state index contributed by atoms with van der Waals surface area (Å²) in [6.45, 7) is 2.03. The van der Waals surface area contributed by atoms with Crippen LogP contribution in [-0.2, 0) is 0 Å². The zero-order chi connectivity index (χ0) is 9.80. The van der Waals surface area contributed by atoms with Gasteiger partial charge in [-0.2, -0.15) is 5.26 Å². The number of nitriles is 1. The molecule has 2 atom stereocenters. The SMILES string of the molecule is N#CC(c1ccccc1)C1CCNC1. The number of nitrogens with zero attached hydrogens (tertiary/aromatic N) is 1. The Morgan fingerprint density at radius 1 is 1.36 bits per heavy atom. The van der Waals surface area contributed by atoms with Gasteiger partial charge in [0.2, 0.25) is 0 Å². The van der Waals surface area contributed by atoms with E-state index in [-0.39, 0.29) is 5.92 Å². The van der Waals surface area contributed by atoms with Crippen molar-refractivity contribution in [1.82, 2.24) is 5.32 Å². The largest absolute Gasteiger partial charge is 0.316 e. The summed E-state index contributed by atoms with van der Waals surface area (Å²) in [6.07, 6.45) is 1.12. The van der Waals surface area contributed by atoms with Gasteiger partial charge >= 0.3 is 0 Å². The topological polar surface area (TPSA) is 35.8 Å². The first-order valence-electron chi connectivity index (χ1n) is 5.07. The third-order valence-corrected chi connectivity index (χ3v) is 2.87. The van der Waals surface area contributed by atoms with E-state index in [1.807, 2.05) is 30.3 Å². The fourth-order valence-corrected chi connectivity index (χ4v) is 2.07. The van der Waals surface area contributed by atoms with Crippen molar-refractivity contribution >= 4 is 0 Å². The Morgan fingerprint density at radius 2 is 2.14 bits per heavy atom. The molecule has 0 saturated carbocycles. The normalized spacial score (nSPS) is 22.9. The molecule has 2 heteroatoms. The molecule has 2 nitrogen and oxygen atoms in total. The van der Waals surface area contributed by atoms with Crippen molar-refractivity contribution in [2.75, 3.05) is 13.1 Å². The van der Waals surface area contributed by atoms with Crippen molar-refractivity contribution < 1.29 is 0 Å². The maximum Gasteiger partial charge on any atom is 0.0753 e. The molecule has 1 aliphatic heterocycles. The highest BCUT2D eigenvalue weighted by molar-refractivity contribution is 5.26. The molecule has 1 aromatic rings. The molecule has 1 aliphatic rings. The van der Waals surface area contributed by atoms with Crippen LogP contribution in [0.25, 0.3) is 0 Å². The molecule has 2 unspecified atom stereocenters. The first kappa shape index (κ1) is 9.23. The molecule has 0 aliphatic carbocycles. The van der Waals surface area contributed by atoms with Crippen LogP contribution in [0.5, 0.6) is 0 Å². The van der Waals surface area contributed by atoms with Gasteiger partial charge in [0.1, 0.15) is 0 Å². The van der Waals surface area contributed by atoms with E-state index in [0.717, 1.165) is 25.1 Å². The minimum absolute atomic E-state index is 0.0613. The van der Waals surface area contributed by atoms with E-state index in [0.29, 0.717) is 5.92 Å². The summed E-state index contributed by atoms with van der Waals surface area (Å²) in [5.74, 6) is 0.550. The van der Waals surface area contributed by atoms with E-state index < -0.39 is 0 Å². The second-order valence-electron chi connectivity index (χ2n) is 3.77. The van der Waals surface area contributed by atoms with E-state index >= 15 is 0 Å². The van der Waals surface area contributed by atoms with Crippen LogP contribution < -0.4 is 5.32 Å². The Labute approximate surface area is 84.6 Å². The van der Waals surface area contributed by atoms with Gasteiger partial charge in [-0.25, -0.2) is 0 Å². The van der Waals surface area contributed by atoms with Gasteiger partial charge in [-0.15, -0.1) is 0 Å². The molecule has 1 saturated heterocycles. The molecule has 0 radical (unpaired) electrons. The van der Waals surface area contributed by atoms with Crippen molar-refractivity contribution in [3.63, 3.8) is 0 Å². The summed E-state index contributed by atoms with van der Waals surface area (Å²) in [7, 11) is 0. The van der Waals surface area contributed by atoms with Gasteiger partial charge in [0.05, 0.1) is 12.0 Å². The molecule has 0 spiro atoms. The van der Waals surface area contributed by atoms with Crippen molar-refractivity contribution in [3.8, 4) is 6.07 Å². The van der Waals surface area contributed by atoms with Crippen molar-refractivity contribution in [3.05, 3.63) is 35.9 Å². The summed E-state index contributed by atoms with van der Waals surface area (Å²) in [6, 6.07) is 12.5. The van der Waals surface area contributed by atoms with Crippen molar-refractivity contribution in [1.29, 1.82) is 5.26 Å². The standard InChI is InChI=1S/C12H14N2/c13-8-12(11-6-7-14-9-11)10-4-2-1-3-5-10/h1-5,11-12,14H,6-7,9H2. The second kappa shape index (κ2) is 4.26. The zero-order valence-electron chi connectivity index (χ0n) is 8.11. The predicted molar refractivity (Wildman–Crippen MR) is 55.8 cm³/mol. The lowest BCUT2D eigenvalue weighted by atomic mass is 9.87. The van der Waals surface area contributed by atoms with Crippen LogP contribution in [0.2, 0.25) is 0 Å². The Morgan fingerprint density at radius 3 is 2.71 bits per heavy atom. The van der Waals surface area contributed by atoms with Gasteiger partial charge in [0, 0.05) is 0 Å². The molecule has 0 amide bonds. The summed E-state index contributed by atoms with van der Waals surface area (Å²) >= 11 is 0. The number of nitrogens with one attached hydrogen (secondary N) is 1. The highest BCUT2D eigenvalue weighted by Crippen LogP contribution is 2.27. The Hall–Kier alpha value is -1.33. The predicted octanol–water partition coefficient (Wildman–Crippen LogP) is 1.90. The maximum atomic E-state index is 9.16. The van der Waals surface area contributed by atoms with Crippen LogP contribution in [0.3, 0.4) is 0 Å². The van der Waals surface area contributed by atoms with E-state index in [1.54, 1.807) is 0 Å². The Bertz CT molecular complexity index is 320. The Balaban J connectivity index is 2.18. The van der Waals surface area contributed by atoms with Gasteiger partial charge < -0.3 is 5.32 Å². The first-order chi connectivity index (χ1) is 6.92. The Kier molecular flexibility index (Phi) is 2.81. The van der Waals surface area contributed by atoms with Gasteiger partial charge in [-0.05, 0) is 31.0 Å².